The van der Waals surface area contributed by atoms with Crippen molar-refractivity contribution in [1.82, 2.24) is 20.0 Å². The molecule has 0 saturated carbocycles. The Labute approximate surface area is 200 Å². The lowest BCUT2D eigenvalue weighted by atomic mass is 10.1. The van der Waals surface area contributed by atoms with Gasteiger partial charge in [0.2, 0.25) is 0 Å². The number of morpholine rings is 1. The van der Waals surface area contributed by atoms with Crippen molar-refractivity contribution >= 4 is 29.9 Å². The van der Waals surface area contributed by atoms with Crippen molar-refractivity contribution in [3.63, 3.8) is 0 Å². The van der Waals surface area contributed by atoms with Crippen LogP contribution < -0.4 is 5.32 Å². The van der Waals surface area contributed by atoms with Gasteiger partial charge < -0.3 is 15.0 Å². The number of nitrogens with zero attached hydrogens (tertiary/aromatic N) is 4. The Bertz CT molecular complexity index is 623. The predicted octanol–water partition coefficient (Wildman–Crippen LogP) is 2.89. The molecule has 2 atom stereocenters. The Morgan fingerprint density at radius 2 is 1.97 bits per heavy atom. The molecule has 0 aromatic heterocycles. The monoisotopic (exact) mass is 529 g/mol. The van der Waals surface area contributed by atoms with E-state index in [-0.39, 0.29) is 24.0 Å². The number of likely N-dealkylation sites (tertiary alicyclic amines) is 1. The summed E-state index contributed by atoms with van der Waals surface area (Å²) in [7, 11) is 2.21. The third-order valence-corrected chi connectivity index (χ3v) is 6.20. The molecule has 1 aromatic rings. The highest BCUT2D eigenvalue weighted by atomic mass is 127. The van der Waals surface area contributed by atoms with E-state index < -0.39 is 0 Å². The maximum atomic E-state index is 5.51. The first kappa shape index (κ1) is 25.4. The van der Waals surface area contributed by atoms with E-state index in [9.17, 15) is 0 Å². The quantitative estimate of drug-likeness (QED) is 0.319. The van der Waals surface area contributed by atoms with Gasteiger partial charge in [-0.1, -0.05) is 30.3 Å². The smallest absolute Gasteiger partial charge is 0.193 e. The summed E-state index contributed by atoms with van der Waals surface area (Å²) in [6.45, 7) is 13.3. The van der Waals surface area contributed by atoms with Crippen LogP contribution in [0.5, 0.6) is 0 Å². The zero-order chi connectivity index (χ0) is 20.5. The van der Waals surface area contributed by atoms with Gasteiger partial charge in [-0.25, -0.2) is 0 Å². The van der Waals surface area contributed by atoms with Crippen LogP contribution in [0, 0.1) is 0 Å². The second-order valence-corrected chi connectivity index (χ2v) is 8.31. The number of ether oxygens (including phenoxy) is 1. The van der Waals surface area contributed by atoms with Crippen LogP contribution in [0.25, 0.3) is 0 Å². The van der Waals surface area contributed by atoms with Gasteiger partial charge in [0.25, 0.3) is 0 Å². The molecule has 0 aliphatic carbocycles. The molecule has 1 N–H and O–H groups in total. The fourth-order valence-electron chi connectivity index (χ4n) is 4.21. The van der Waals surface area contributed by atoms with Crippen LogP contribution >= 0.6 is 24.0 Å². The molecule has 7 heteroatoms. The van der Waals surface area contributed by atoms with Gasteiger partial charge >= 0.3 is 0 Å². The highest BCUT2D eigenvalue weighted by molar-refractivity contribution is 14.0. The Balaban J connectivity index is 0.00000320. The van der Waals surface area contributed by atoms with Crippen molar-refractivity contribution in [2.45, 2.75) is 45.3 Å². The number of hydrogen-bond acceptors (Lipinski definition) is 4. The molecule has 0 bridgehead atoms. The average molecular weight is 530 g/mol. The van der Waals surface area contributed by atoms with E-state index in [4.69, 9.17) is 9.73 Å². The van der Waals surface area contributed by atoms with Gasteiger partial charge in [0.1, 0.15) is 0 Å². The molecule has 2 aliphatic rings. The first-order valence-electron chi connectivity index (χ1n) is 11.3. The molecule has 3 rings (SSSR count). The minimum atomic E-state index is 0. The number of nitrogens with one attached hydrogen (secondary N) is 1. The molecular weight excluding hydrogens is 489 g/mol. The Morgan fingerprint density at radius 3 is 2.67 bits per heavy atom. The van der Waals surface area contributed by atoms with E-state index in [1.165, 1.54) is 12.0 Å². The van der Waals surface area contributed by atoms with E-state index >= 15 is 0 Å². The number of hydrogen-bond donors (Lipinski definition) is 1. The van der Waals surface area contributed by atoms with Crippen molar-refractivity contribution < 1.29 is 4.74 Å². The van der Waals surface area contributed by atoms with Crippen molar-refractivity contribution in [3.05, 3.63) is 35.9 Å². The van der Waals surface area contributed by atoms with Gasteiger partial charge in [-0.05, 0) is 39.3 Å². The van der Waals surface area contributed by atoms with E-state index in [1.807, 2.05) is 0 Å². The largest absolute Gasteiger partial charge is 0.379 e. The van der Waals surface area contributed by atoms with E-state index in [0.29, 0.717) is 12.1 Å². The minimum Gasteiger partial charge on any atom is -0.379 e. The summed E-state index contributed by atoms with van der Waals surface area (Å²) in [5, 5.41) is 3.51. The summed E-state index contributed by atoms with van der Waals surface area (Å²) < 4.78 is 5.51. The molecule has 0 radical (unpaired) electrons. The van der Waals surface area contributed by atoms with Crippen LogP contribution in [0.15, 0.2) is 35.3 Å². The third-order valence-electron chi connectivity index (χ3n) is 6.20. The lowest BCUT2D eigenvalue weighted by Crippen LogP contribution is -2.46. The van der Waals surface area contributed by atoms with Crippen LogP contribution in [0.4, 0.5) is 0 Å². The summed E-state index contributed by atoms with van der Waals surface area (Å²) in [4.78, 5) is 12.4. The Hall–Kier alpha value is -0.900. The highest BCUT2D eigenvalue weighted by Gasteiger charge is 2.30. The average Bonchev–Trinajstić information content (AvgIpc) is 3.24. The minimum absolute atomic E-state index is 0. The number of halogens is 1. The van der Waals surface area contributed by atoms with Gasteiger partial charge in [-0.3, -0.25) is 14.8 Å². The molecule has 2 unspecified atom stereocenters. The maximum absolute atomic E-state index is 5.51. The van der Waals surface area contributed by atoms with E-state index in [0.717, 1.165) is 71.4 Å². The van der Waals surface area contributed by atoms with Crippen molar-refractivity contribution in [2.75, 3.05) is 59.5 Å². The Morgan fingerprint density at radius 1 is 1.23 bits per heavy atom. The number of rotatable bonds is 8. The first-order chi connectivity index (χ1) is 14.2. The molecule has 30 heavy (non-hydrogen) atoms. The molecule has 2 heterocycles. The summed E-state index contributed by atoms with van der Waals surface area (Å²) in [5.41, 5.74) is 1.37. The van der Waals surface area contributed by atoms with Gasteiger partial charge in [-0.15, -0.1) is 24.0 Å². The van der Waals surface area contributed by atoms with Gasteiger partial charge in [0.15, 0.2) is 5.96 Å². The number of guanidine groups is 1. The molecule has 2 saturated heterocycles. The second-order valence-electron chi connectivity index (χ2n) is 8.31. The van der Waals surface area contributed by atoms with Crippen LogP contribution in [-0.4, -0.2) is 92.3 Å². The molecule has 170 valence electrons. The molecule has 0 amide bonds. The fraction of sp³-hybridized carbons (Fsp3) is 0.696. The van der Waals surface area contributed by atoms with Crippen LogP contribution in [0.1, 0.15) is 32.3 Å². The van der Waals surface area contributed by atoms with Crippen LogP contribution in [0.2, 0.25) is 0 Å². The standard InChI is InChI=1S/C23H39N5O.HI/c1-4-24-23(28-13-11-22(19-28)27-14-16-29-17-15-27)25-12-10-20(2)26(3)18-21-8-6-5-7-9-21;/h5-9,20,22H,4,10-19H2,1-3H3,(H,24,25);1H. The van der Waals surface area contributed by atoms with E-state index in [2.05, 4.69) is 71.2 Å². The number of aliphatic imine (C=N–C) groups is 1. The normalized spacial score (nSPS) is 21.5. The summed E-state index contributed by atoms with van der Waals surface area (Å²) in [6, 6.07) is 11.8. The van der Waals surface area contributed by atoms with Crippen LogP contribution in [0.3, 0.4) is 0 Å². The van der Waals surface area contributed by atoms with Crippen molar-refractivity contribution in [1.29, 1.82) is 0 Å². The van der Waals surface area contributed by atoms with Crippen molar-refractivity contribution in [3.8, 4) is 0 Å². The fourth-order valence-corrected chi connectivity index (χ4v) is 4.21. The summed E-state index contributed by atoms with van der Waals surface area (Å²) in [6.07, 6.45) is 2.29. The molecule has 6 nitrogen and oxygen atoms in total. The van der Waals surface area contributed by atoms with Crippen molar-refractivity contribution in [2.24, 2.45) is 4.99 Å². The van der Waals surface area contributed by atoms with Gasteiger partial charge in [0, 0.05) is 57.9 Å². The zero-order valence-corrected chi connectivity index (χ0v) is 21.3. The Kier molecular flexibility index (Phi) is 11.4. The first-order valence-corrected chi connectivity index (χ1v) is 11.3. The van der Waals surface area contributed by atoms with Gasteiger partial charge in [-0.2, -0.15) is 0 Å². The molecule has 2 fully saturated rings. The van der Waals surface area contributed by atoms with E-state index in [1.54, 1.807) is 0 Å². The maximum Gasteiger partial charge on any atom is 0.193 e. The topological polar surface area (TPSA) is 43.3 Å². The third kappa shape index (κ3) is 7.66. The SMILES string of the molecule is CCNC(=NCCC(C)N(C)Cc1ccccc1)N1CCC(N2CCOCC2)C1.I. The number of benzene rings is 1. The summed E-state index contributed by atoms with van der Waals surface area (Å²) >= 11 is 0. The molecular formula is C23H40IN5O. The molecule has 2 aliphatic heterocycles. The predicted molar refractivity (Wildman–Crippen MR) is 136 cm³/mol. The highest BCUT2D eigenvalue weighted by Crippen LogP contribution is 2.17. The summed E-state index contributed by atoms with van der Waals surface area (Å²) in [5.74, 6) is 1.08. The molecule has 1 aromatic carbocycles. The van der Waals surface area contributed by atoms with Gasteiger partial charge in [0.05, 0.1) is 13.2 Å². The second kappa shape index (κ2) is 13.5. The zero-order valence-electron chi connectivity index (χ0n) is 18.9. The lowest BCUT2D eigenvalue weighted by molar-refractivity contribution is 0.0195. The van der Waals surface area contributed by atoms with Crippen LogP contribution in [-0.2, 0) is 11.3 Å². The lowest BCUT2D eigenvalue weighted by Gasteiger charge is -2.32. The molecule has 0 spiro atoms.